The number of ether oxygens (including phenoxy) is 1. The molecule has 2 N–H and O–H groups in total. The molecule has 120 valence electrons. The van der Waals surface area contributed by atoms with Gasteiger partial charge >= 0.3 is 5.97 Å². The largest absolute Gasteiger partial charge is 0.478 e. The molecular weight excluding hydrogens is 282 g/mol. The Morgan fingerprint density at radius 1 is 1.18 bits per heavy atom. The maximum Gasteiger partial charge on any atom is 0.335 e. The lowest BCUT2D eigenvalue weighted by Crippen LogP contribution is -2.27. The van der Waals surface area contributed by atoms with Gasteiger partial charge < -0.3 is 15.2 Å². The highest BCUT2D eigenvalue weighted by Gasteiger charge is 2.14. The fraction of sp³-hybridized carbons (Fsp3) is 0.529. The highest BCUT2D eigenvalue weighted by atomic mass is 16.5. The molecule has 1 fully saturated rings. The molecule has 5 nitrogen and oxygen atoms in total. The van der Waals surface area contributed by atoms with E-state index >= 15 is 0 Å². The highest BCUT2D eigenvalue weighted by molar-refractivity contribution is 5.87. The Hall–Kier alpha value is -1.88. The van der Waals surface area contributed by atoms with Crippen molar-refractivity contribution >= 4 is 11.9 Å². The Morgan fingerprint density at radius 3 is 2.50 bits per heavy atom. The number of carbonyl (C=O) groups excluding carboxylic acids is 1. The van der Waals surface area contributed by atoms with Crippen LogP contribution in [0.25, 0.3) is 0 Å². The molecule has 1 amide bonds. The summed E-state index contributed by atoms with van der Waals surface area (Å²) >= 11 is 0. The molecule has 0 bridgehead atoms. The molecule has 1 aliphatic rings. The Kier molecular flexibility index (Phi) is 6.40. The Bertz CT molecular complexity index is 492. The maximum atomic E-state index is 11.8. The van der Waals surface area contributed by atoms with E-state index in [1.165, 1.54) is 37.8 Å². The van der Waals surface area contributed by atoms with Crippen molar-refractivity contribution in [3.8, 4) is 0 Å². The maximum absolute atomic E-state index is 11.8. The molecule has 1 aliphatic carbocycles. The Labute approximate surface area is 130 Å². The van der Waals surface area contributed by atoms with Crippen LogP contribution < -0.4 is 5.32 Å². The number of carbonyl (C=O) groups is 2. The zero-order chi connectivity index (χ0) is 15.8. The van der Waals surface area contributed by atoms with E-state index in [0.29, 0.717) is 19.3 Å². The van der Waals surface area contributed by atoms with E-state index in [2.05, 4.69) is 5.32 Å². The first-order valence-electron chi connectivity index (χ1n) is 7.85. The third-order valence-corrected chi connectivity index (χ3v) is 3.86. The van der Waals surface area contributed by atoms with Gasteiger partial charge in [-0.3, -0.25) is 4.79 Å². The Balaban J connectivity index is 1.59. The van der Waals surface area contributed by atoms with Gasteiger partial charge in [0.05, 0.1) is 18.1 Å². The number of carboxylic acids is 1. The molecule has 22 heavy (non-hydrogen) atoms. The number of aromatic carboxylic acids is 1. The fourth-order valence-corrected chi connectivity index (χ4v) is 2.62. The minimum atomic E-state index is -0.960. The van der Waals surface area contributed by atoms with Crippen LogP contribution in [0.1, 0.15) is 48.0 Å². The second-order valence-corrected chi connectivity index (χ2v) is 5.66. The summed E-state index contributed by atoms with van der Waals surface area (Å²) in [5, 5.41) is 11.7. The topological polar surface area (TPSA) is 75.6 Å². The molecule has 1 aromatic rings. The molecule has 0 spiro atoms. The molecule has 0 heterocycles. The molecule has 0 radical (unpaired) electrons. The molecule has 0 aromatic heterocycles. The predicted octanol–water partition coefficient (Wildman–Crippen LogP) is 2.39. The van der Waals surface area contributed by atoms with Crippen molar-refractivity contribution in [1.82, 2.24) is 5.32 Å². The van der Waals surface area contributed by atoms with Gasteiger partial charge in [0.1, 0.15) is 0 Å². The Morgan fingerprint density at radius 2 is 1.86 bits per heavy atom. The average molecular weight is 305 g/mol. The van der Waals surface area contributed by atoms with Crippen molar-refractivity contribution in [1.29, 1.82) is 0 Å². The van der Waals surface area contributed by atoms with E-state index in [1.807, 2.05) is 0 Å². The number of carboxylic acid groups (broad SMARTS) is 1. The van der Waals surface area contributed by atoms with E-state index in [0.717, 1.165) is 12.0 Å². The number of hydrogen-bond donors (Lipinski definition) is 2. The molecule has 5 heteroatoms. The molecule has 1 aromatic carbocycles. The fourth-order valence-electron chi connectivity index (χ4n) is 2.62. The lowest BCUT2D eigenvalue weighted by atomic mass is 10.1. The number of hydrogen-bond acceptors (Lipinski definition) is 3. The summed E-state index contributed by atoms with van der Waals surface area (Å²) in [4.78, 5) is 22.5. The summed E-state index contributed by atoms with van der Waals surface area (Å²) in [6.45, 7) is 1.30. The van der Waals surface area contributed by atoms with E-state index in [1.54, 1.807) is 12.1 Å². The zero-order valence-corrected chi connectivity index (χ0v) is 12.7. The van der Waals surface area contributed by atoms with Gasteiger partial charge in [0.25, 0.3) is 0 Å². The quantitative estimate of drug-likeness (QED) is 0.723. The van der Waals surface area contributed by atoms with Crippen molar-refractivity contribution in [2.75, 3.05) is 13.2 Å². The second kappa shape index (κ2) is 8.54. The van der Waals surface area contributed by atoms with Crippen molar-refractivity contribution in [3.63, 3.8) is 0 Å². The van der Waals surface area contributed by atoms with Gasteiger partial charge in [-0.15, -0.1) is 0 Å². The lowest BCUT2D eigenvalue weighted by Gasteiger charge is -2.11. The van der Waals surface area contributed by atoms with Crippen LogP contribution in [0.3, 0.4) is 0 Å². The van der Waals surface area contributed by atoms with Crippen LogP contribution in [0.5, 0.6) is 0 Å². The van der Waals surface area contributed by atoms with Crippen LogP contribution in [-0.4, -0.2) is 36.2 Å². The highest BCUT2D eigenvalue weighted by Crippen LogP contribution is 2.20. The SMILES string of the molecule is O=C(Cc1ccc(C(=O)O)cc1)NCCCOC1CCCC1. The first-order valence-corrected chi connectivity index (χ1v) is 7.85. The number of benzene rings is 1. The first kappa shape index (κ1) is 16.5. The van der Waals surface area contributed by atoms with Gasteiger partial charge in [-0.25, -0.2) is 4.79 Å². The van der Waals surface area contributed by atoms with Gasteiger partial charge in [-0.1, -0.05) is 25.0 Å². The van der Waals surface area contributed by atoms with Crippen LogP contribution in [-0.2, 0) is 16.0 Å². The van der Waals surface area contributed by atoms with Crippen LogP contribution in [0, 0.1) is 0 Å². The minimum absolute atomic E-state index is 0.0519. The van der Waals surface area contributed by atoms with E-state index in [-0.39, 0.29) is 17.9 Å². The van der Waals surface area contributed by atoms with Crippen molar-refractivity contribution < 1.29 is 19.4 Å². The van der Waals surface area contributed by atoms with Crippen LogP contribution in [0.4, 0.5) is 0 Å². The summed E-state index contributed by atoms with van der Waals surface area (Å²) in [7, 11) is 0. The summed E-state index contributed by atoms with van der Waals surface area (Å²) in [6.07, 6.45) is 6.37. The second-order valence-electron chi connectivity index (χ2n) is 5.66. The summed E-state index contributed by atoms with van der Waals surface area (Å²) in [5.41, 5.74) is 1.04. The van der Waals surface area contributed by atoms with Crippen LogP contribution in [0.2, 0.25) is 0 Å². The molecule has 0 saturated heterocycles. The standard InChI is InChI=1S/C17H23NO4/c19-16(12-13-6-8-14(9-7-13)17(20)21)18-10-3-11-22-15-4-1-2-5-15/h6-9,15H,1-5,10-12H2,(H,18,19)(H,20,21). The summed E-state index contributed by atoms with van der Waals surface area (Å²) in [6, 6.07) is 6.37. The molecule has 0 aliphatic heterocycles. The predicted molar refractivity (Wildman–Crippen MR) is 82.9 cm³/mol. The number of amides is 1. The van der Waals surface area contributed by atoms with Gasteiger partial charge in [0.15, 0.2) is 0 Å². The third kappa shape index (κ3) is 5.48. The molecule has 0 atom stereocenters. The zero-order valence-electron chi connectivity index (χ0n) is 12.7. The van der Waals surface area contributed by atoms with E-state index < -0.39 is 5.97 Å². The van der Waals surface area contributed by atoms with Crippen LogP contribution >= 0.6 is 0 Å². The monoisotopic (exact) mass is 305 g/mol. The number of nitrogens with one attached hydrogen (secondary N) is 1. The molecule has 2 rings (SSSR count). The van der Waals surface area contributed by atoms with Crippen molar-refractivity contribution in [2.24, 2.45) is 0 Å². The molecule has 0 unspecified atom stereocenters. The van der Waals surface area contributed by atoms with Gasteiger partial charge in [-0.2, -0.15) is 0 Å². The van der Waals surface area contributed by atoms with E-state index in [9.17, 15) is 9.59 Å². The molecular formula is C17H23NO4. The van der Waals surface area contributed by atoms with Gasteiger partial charge in [-0.05, 0) is 37.0 Å². The normalized spacial score (nSPS) is 14.9. The smallest absolute Gasteiger partial charge is 0.335 e. The number of rotatable bonds is 8. The average Bonchev–Trinajstić information content (AvgIpc) is 3.00. The van der Waals surface area contributed by atoms with Gasteiger partial charge in [0.2, 0.25) is 5.91 Å². The lowest BCUT2D eigenvalue weighted by molar-refractivity contribution is -0.120. The molecule has 1 saturated carbocycles. The van der Waals surface area contributed by atoms with E-state index in [4.69, 9.17) is 9.84 Å². The minimum Gasteiger partial charge on any atom is -0.478 e. The summed E-state index contributed by atoms with van der Waals surface area (Å²) in [5.74, 6) is -1.01. The van der Waals surface area contributed by atoms with Crippen molar-refractivity contribution in [3.05, 3.63) is 35.4 Å². The third-order valence-electron chi connectivity index (χ3n) is 3.86. The van der Waals surface area contributed by atoms with Crippen LogP contribution in [0.15, 0.2) is 24.3 Å². The van der Waals surface area contributed by atoms with Gasteiger partial charge in [0, 0.05) is 13.2 Å². The van der Waals surface area contributed by atoms with Crippen molar-refractivity contribution in [2.45, 2.75) is 44.6 Å². The first-order chi connectivity index (χ1) is 10.6. The summed E-state index contributed by atoms with van der Waals surface area (Å²) < 4.78 is 5.73.